The van der Waals surface area contributed by atoms with E-state index in [4.69, 9.17) is 4.42 Å². The molecule has 0 aliphatic heterocycles. The number of hydrogen-bond donors (Lipinski definition) is 0. The zero-order chi connectivity index (χ0) is 11.7. The first kappa shape index (κ1) is 9.78. The lowest BCUT2D eigenvalue weighted by Crippen LogP contribution is -2.04. The van der Waals surface area contributed by atoms with Gasteiger partial charge in [0.2, 0.25) is 5.43 Å². The number of nitrogens with zero attached hydrogens (tertiary/aromatic N) is 1. The SMILES string of the molecule is O=c1c(-c2cccnc2)coc2ccccc12. The molecule has 0 saturated heterocycles. The number of rotatable bonds is 1. The summed E-state index contributed by atoms with van der Waals surface area (Å²) in [5.74, 6) is 0. The fourth-order valence-electron chi connectivity index (χ4n) is 1.80. The largest absolute Gasteiger partial charge is 0.463 e. The molecule has 17 heavy (non-hydrogen) atoms. The van der Waals surface area contributed by atoms with Crippen LogP contribution in [0.3, 0.4) is 0 Å². The molecule has 0 aliphatic carbocycles. The Morgan fingerprint density at radius 1 is 1.06 bits per heavy atom. The maximum atomic E-state index is 12.2. The predicted octanol–water partition coefficient (Wildman–Crippen LogP) is 2.86. The monoisotopic (exact) mass is 223 g/mol. The number of aromatic nitrogens is 1. The normalized spacial score (nSPS) is 10.6. The molecule has 0 N–H and O–H groups in total. The molecular weight excluding hydrogens is 214 g/mol. The molecule has 3 aromatic rings. The van der Waals surface area contributed by atoms with E-state index >= 15 is 0 Å². The zero-order valence-electron chi connectivity index (χ0n) is 8.96. The molecule has 2 heterocycles. The molecule has 0 spiro atoms. The van der Waals surface area contributed by atoms with Crippen molar-refractivity contribution < 1.29 is 4.42 Å². The van der Waals surface area contributed by atoms with E-state index in [9.17, 15) is 4.79 Å². The highest BCUT2D eigenvalue weighted by Gasteiger charge is 2.07. The minimum Gasteiger partial charge on any atom is -0.463 e. The van der Waals surface area contributed by atoms with Crippen LogP contribution >= 0.6 is 0 Å². The summed E-state index contributed by atoms with van der Waals surface area (Å²) in [5.41, 5.74) is 1.88. The second-order valence-electron chi connectivity index (χ2n) is 3.72. The van der Waals surface area contributed by atoms with Gasteiger partial charge in [0, 0.05) is 18.0 Å². The molecule has 0 bridgehead atoms. The fraction of sp³-hybridized carbons (Fsp3) is 0. The van der Waals surface area contributed by atoms with Crippen molar-refractivity contribution in [2.24, 2.45) is 0 Å². The summed E-state index contributed by atoms with van der Waals surface area (Å²) in [6, 6.07) is 10.9. The minimum atomic E-state index is -0.0279. The van der Waals surface area contributed by atoms with Gasteiger partial charge < -0.3 is 4.42 Å². The number of hydrogen-bond acceptors (Lipinski definition) is 3. The van der Waals surface area contributed by atoms with E-state index in [1.807, 2.05) is 18.2 Å². The number of fused-ring (bicyclic) bond motifs is 1. The summed E-state index contributed by atoms with van der Waals surface area (Å²) >= 11 is 0. The Morgan fingerprint density at radius 3 is 2.76 bits per heavy atom. The van der Waals surface area contributed by atoms with Gasteiger partial charge in [-0.15, -0.1) is 0 Å². The van der Waals surface area contributed by atoms with Crippen molar-refractivity contribution in [3.05, 3.63) is 65.3 Å². The Kier molecular flexibility index (Phi) is 2.22. The van der Waals surface area contributed by atoms with Crippen molar-refractivity contribution in [3.63, 3.8) is 0 Å². The third-order valence-electron chi connectivity index (χ3n) is 2.65. The van der Waals surface area contributed by atoms with Crippen LogP contribution in [0.4, 0.5) is 0 Å². The molecule has 3 heteroatoms. The van der Waals surface area contributed by atoms with E-state index in [0.717, 1.165) is 5.56 Å². The van der Waals surface area contributed by atoms with Crippen molar-refractivity contribution in [2.75, 3.05) is 0 Å². The molecule has 0 aliphatic rings. The Balaban J connectivity index is 2.33. The molecule has 0 unspecified atom stereocenters. The lowest BCUT2D eigenvalue weighted by atomic mass is 10.1. The highest BCUT2D eigenvalue weighted by Crippen LogP contribution is 2.18. The maximum Gasteiger partial charge on any atom is 0.200 e. The molecule has 82 valence electrons. The Bertz CT molecular complexity index is 717. The van der Waals surface area contributed by atoms with Gasteiger partial charge in [0.1, 0.15) is 11.8 Å². The molecule has 0 radical (unpaired) electrons. The summed E-state index contributed by atoms with van der Waals surface area (Å²) in [7, 11) is 0. The van der Waals surface area contributed by atoms with Crippen LogP contribution in [0.15, 0.2) is 64.3 Å². The lowest BCUT2D eigenvalue weighted by Gasteiger charge is -2.01. The van der Waals surface area contributed by atoms with Crippen LogP contribution in [0, 0.1) is 0 Å². The van der Waals surface area contributed by atoms with Crippen LogP contribution in [0.1, 0.15) is 0 Å². The quantitative estimate of drug-likeness (QED) is 0.637. The van der Waals surface area contributed by atoms with Crippen molar-refractivity contribution in [3.8, 4) is 11.1 Å². The molecule has 0 atom stereocenters. The van der Waals surface area contributed by atoms with E-state index < -0.39 is 0 Å². The summed E-state index contributed by atoms with van der Waals surface area (Å²) in [4.78, 5) is 16.2. The van der Waals surface area contributed by atoms with Crippen molar-refractivity contribution in [1.82, 2.24) is 4.98 Å². The van der Waals surface area contributed by atoms with Gasteiger partial charge in [0.25, 0.3) is 0 Å². The van der Waals surface area contributed by atoms with Gasteiger partial charge in [-0.1, -0.05) is 18.2 Å². The molecular formula is C14H9NO2. The van der Waals surface area contributed by atoms with Crippen LogP contribution in [-0.2, 0) is 0 Å². The molecule has 0 amide bonds. The first-order valence-corrected chi connectivity index (χ1v) is 5.27. The molecule has 0 saturated carbocycles. The molecule has 2 aromatic heterocycles. The molecule has 1 aromatic carbocycles. The van der Waals surface area contributed by atoms with E-state index in [-0.39, 0.29) is 5.43 Å². The smallest absolute Gasteiger partial charge is 0.200 e. The van der Waals surface area contributed by atoms with Gasteiger partial charge in [-0.2, -0.15) is 0 Å². The third-order valence-corrected chi connectivity index (χ3v) is 2.65. The van der Waals surface area contributed by atoms with E-state index in [0.29, 0.717) is 16.5 Å². The van der Waals surface area contributed by atoms with Gasteiger partial charge in [-0.05, 0) is 18.2 Å². The number of pyridine rings is 1. The highest BCUT2D eigenvalue weighted by atomic mass is 16.3. The molecule has 3 rings (SSSR count). The van der Waals surface area contributed by atoms with E-state index in [2.05, 4.69) is 4.98 Å². The fourth-order valence-corrected chi connectivity index (χ4v) is 1.80. The van der Waals surface area contributed by atoms with Crippen LogP contribution < -0.4 is 5.43 Å². The first-order valence-electron chi connectivity index (χ1n) is 5.27. The molecule has 0 fully saturated rings. The van der Waals surface area contributed by atoms with E-state index in [1.54, 1.807) is 30.6 Å². The summed E-state index contributed by atoms with van der Waals surface area (Å²) in [6.45, 7) is 0. The second kappa shape index (κ2) is 3.87. The van der Waals surface area contributed by atoms with Crippen molar-refractivity contribution in [1.29, 1.82) is 0 Å². The van der Waals surface area contributed by atoms with Crippen LogP contribution in [0.5, 0.6) is 0 Å². The second-order valence-corrected chi connectivity index (χ2v) is 3.72. The molecule has 3 nitrogen and oxygen atoms in total. The Labute approximate surface area is 97.4 Å². The van der Waals surface area contributed by atoms with Gasteiger partial charge in [0.05, 0.1) is 10.9 Å². The average molecular weight is 223 g/mol. The van der Waals surface area contributed by atoms with Crippen molar-refractivity contribution >= 4 is 11.0 Å². The predicted molar refractivity (Wildman–Crippen MR) is 65.7 cm³/mol. The van der Waals surface area contributed by atoms with E-state index in [1.165, 1.54) is 6.26 Å². The topological polar surface area (TPSA) is 43.1 Å². The van der Waals surface area contributed by atoms with Crippen LogP contribution in [0.2, 0.25) is 0 Å². The lowest BCUT2D eigenvalue weighted by molar-refractivity contribution is 0.604. The van der Waals surface area contributed by atoms with Crippen molar-refractivity contribution in [2.45, 2.75) is 0 Å². The highest BCUT2D eigenvalue weighted by molar-refractivity contribution is 5.81. The summed E-state index contributed by atoms with van der Waals surface area (Å²) in [6.07, 6.45) is 4.81. The Hall–Kier alpha value is -2.42. The average Bonchev–Trinajstić information content (AvgIpc) is 2.40. The van der Waals surface area contributed by atoms with Gasteiger partial charge in [-0.25, -0.2) is 0 Å². The zero-order valence-corrected chi connectivity index (χ0v) is 8.96. The first-order chi connectivity index (χ1) is 8.36. The van der Waals surface area contributed by atoms with Crippen LogP contribution in [0.25, 0.3) is 22.1 Å². The number of benzene rings is 1. The number of para-hydroxylation sites is 1. The minimum absolute atomic E-state index is 0.0279. The van der Waals surface area contributed by atoms with Gasteiger partial charge in [-0.3, -0.25) is 9.78 Å². The summed E-state index contributed by atoms with van der Waals surface area (Å²) in [5, 5.41) is 0.592. The summed E-state index contributed by atoms with van der Waals surface area (Å²) < 4.78 is 5.45. The Morgan fingerprint density at radius 2 is 1.94 bits per heavy atom. The van der Waals surface area contributed by atoms with Gasteiger partial charge in [0.15, 0.2) is 0 Å². The third kappa shape index (κ3) is 1.61. The van der Waals surface area contributed by atoms with Crippen LogP contribution in [-0.4, -0.2) is 4.98 Å². The standard InChI is InChI=1S/C14H9NO2/c16-14-11-5-1-2-6-13(11)17-9-12(14)10-4-3-7-15-8-10/h1-9H. The van der Waals surface area contributed by atoms with Gasteiger partial charge >= 0.3 is 0 Å². The maximum absolute atomic E-state index is 12.2.